The van der Waals surface area contributed by atoms with Crippen LogP contribution in [0.4, 0.5) is 5.69 Å². The number of hydrogen-bond acceptors (Lipinski definition) is 7. The average molecular weight is 399 g/mol. The highest BCUT2D eigenvalue weighted by molar-refractivity contribution is 7.98. The molecule has 0 bridgehead atoms. The van der Waals surface area contributed by atoms with Crippen molar-refractivity contribution in [1.82, 2.24) is 9.46 Å². The number of nitrogens with zero attached hydrogens (tertiary/aromatic N) is 3. The minimum absolute atomic E-state index is 0.0745. The van der Waals surface area contributed by atoms with Gasteiger partial charge in [-0.1, -0.05) is 19.0 Å². The Hall–Kier alpha value is -1.91. The number of rotatable bonds is 8. The van der Waals surface area contributed by atoms with Gasteiger partial charge in [0.05, 0.1) is 20.4 Å². The number of aromatic nitrogens is 1. The number of sulfonamides is 1. The van der Waals surface area contributed by atoms with E-state index >= 15 is 0 Å². The van der Waals surface area contributed by atoms with Crippen molar-refractivity contribution in [3.63, 3.8) is 0 Å². The van der Waals surface area contributed by atoms with Gasteiger partial charge in [0, 0.05) is 30.5 Å². The first-order valence-corrected chi connectivity index (χ1v) is 10.5. The second-order valence-electron chi connectivity index (χ2n) is 5.57. The monoisotopic (exact) mass is 399 g/mol. The fraction of sp³-hybridized carbons (Fsp3) is 0.438. The van der Waals surface area contributed by atoms with Crippen molar-refractivity contribution in [2.75, 3.05) is 13.1 Å². The van der Waals surface area contributed by atoms with Crippen LogP contribution < -0.4 is 0 Å². The zero-order valence-corrected chi connectivity index (χ0v) is 16.7. The van der Waals surface area contributed by atoms with E-state index < -0.39 is 14.9 Å². The Morgan fingerprint density at radius 1 is 1.27 bits per heavy atom. The van der Waals surface area contributed by atoms with Crippen LogP contribution in [0.5, 0.6) is 0 Å². The second kappa shape index (κ2) is 8.19. The molecule has 0 amide bonds. The highest BCUT2D eigenvalue weighted by Crippen LogP contribution is 2.35. The van der Waals surface area contributed by atoms with E-state index in [1.807, 2.05) is 0 Å². The first-order chi connectivity index (χ1) is 12.2. The van der Waals surface area contributed by atoms with Crippen molar-refractivity contribution < 1.29 is 17.9 Å². The first kappa shape index (κ1) is 20.4. The summed E-state index contributed by atoms with van der Waals surface area (Å²) in [5.41, 5.74) is 1.39. The zero-order chi connectivity index (χ0) is 19.5. The molecule has 2 aromatic rings. The topological polar surface area (TPSA) is 107 Å². The third-order valence-electron chi connectivity index (χ3n) is 4.02. The van der Waals surface area contributed by atoms with Gasteiger partial charge < -0.3 is 4.52 Å². The summed E-state index contributed by atoms with van der Waals surface area (Å²) in [6, 6.07) is 4.02. The molecule has 0 aliphatic carbocycles. The summed E-state index contributed by atoms with van der Waals surface area (Å²) >= 11 is 1.25. The molecule has 2 rings (SSSR count). The number of aryl methyl sites for hydroxylation is 2. The van der Waals surface area contributed by atoms with E-state index in [2.05, 4.69) is 5.16 Å². The maximum Gasteiger partial charge on any atom is 0.284 e. The summed E-state index contributed by atoms with van der Waals surface area (Å²) < 4.78 is 31.5. The normalized spacial score (nSPS) is 11.9. The van der Waals surface area contributed by atoms with Crippen LogP contribution in [-0.4, -0.2) is 35.9 Å². The molecular weight excluding hydrogens is 378 g/mol. The van der Waals surface area contributed by atoms with Crippen molar-refractivity contribution in [1.29, 1.82) is 0 Å². The molecular formula is C16H21N3O5S2. The van der Waals surface area contributed by atoms with Crippen molar-refractivity contribution in [3.05, 3.63) is 45.3 Å². The van der Waals surface area contributed by atoms with E-state index in [0.717, 1.165) is 17.3 Å². The number of nitro benzene ring substituents is 1. The zero-order valence-electron chi connectivity index (χ0n) is 15.1. The summed E-state index contributed by atoms with van der Waals surface area (Å²) in [7, 11) is -3.75. The van der Waals surface area contributed by atoms with Crippen molar-refractivity contribution in [2.24, 2.45) is 0 Å². The number of benzene rings is 1. The first-order valence-electron chi connectivity index (χ1n) is 8.05. The molecule has 0 fully saturated rings. The average Bonchev–Trinajstić information content (AvgIpc) is 2.91. The van der Waals surface area contributed by atoms with E-state index in [0.29, 0.717) is 29.5 Å². The molecule has 1 heterocycles. The molecule has 142 valence electrons. The lowest BCUT2D eigenvalue weighted by atomic mass is 10.2. The summed E-state index contributed by atoms with van der Waals surface area (Å²) in [5, 5.41) is 15.3. The minimum atomic E-state index is -3.75. The van der Waals surface area contributed by atoms with Crippen LogP contribution in [0, 0.1) is 24.0 Å². The van der Waals surface area contributed by atoms with Crippen molar-refractivity contribution >= 4 is 27.5 Å². The molecule has 0 saturated heterocycles. The Labute approximate surface area is 156 Å². The third-order valence-corrected chi connectivity index (χ3v) is 7.16. The van der Waals surface area contributed by atoms with Crippen LogP contribution in [0.3, 0.4) is 0 Å². The Kier molecular flexibility index (Phi) is 6.43. The van der Waals surface area contributed by atoms with E-state index in [9.17, 15) is 18.5 Å². The number of hydrogen-bond donors (Lipinski definition) is 0. The lowest BCUT2D eigenvalue weighted by Gasteiger charge is -2.18. The van der Waals surface area contributed by atoms with Crippen molar-refractivity contribution in [3.8, 4) is 0 Å². The molecule has 1 aromatic heterocycles. The van der Waals surface area contributed by atoms with Crippen LogP contribution >= 0.6 is 11.8 Å². The molecule has 0 aliphatic heterocycles. The molecule has 0 atom stereocenters. The van der Waals surface area contributed by atoms with E-state index in [4.69, 9.17) is 4.52 Å². The van der Waals surface area contributed by atoms with Gasteiger partial charge in [0.1, 0.15) is 5.76 Å². The van der Waals surface area contributed by atoms with Gasteiger partial charge in [-0.15, -0.1) is 11.8 Å². The molecule has 1 aromatic carbocycles. The molecule has 0 N–H and O–H groups in total. The van der Waals surface area contributed by atoms with Gasteiger partial charge in [0.2, 0.25) is 10.0 Å². The molecule has 0 unspecified atom stereocenters. The SMILES string of the molecule is CCN(CC)S(=O)(=O)c1ccc(SCc2c(C)noc2C)c([N+](=O)[O-])c1. The largest absolute Gasteiger partial charge is 0.361 e. The fourth-order valence-electron chi connectivity index (χ4n) is 2.49. The van der Waals surface area contributed by atoms with Crippen LogP contribution in [0.15, 0.2) is 32.5 Å². The summed E-state index contributed by atoms with van der Waals surface area (Å²) in [6.07, 6.45) is 0. The number of nitro groups is 1. The summed E-state index contributed by atoms with van der Waals surface area (Å²) in [6.45, 7) is 7.64. The van der Waals surface area contributed by atoms with Gasteiger partial charge in [-0.3, -0.25) is 10.1 Å². The van der Waals surface area contributed by atoms with Gasteiger partial charge in [-0.05, 0) is 26.0 Å². The summed E-state index contributed by atoms with van der Waals surface area (Å²) in [5.74, 6) is 1.11. The van der Waals surface area contributed by atoms with Crippen LogP contribution in [-0.2, 0) is 15.8 Å². The Bertz CT molecular complexity index is 885. The molecule has 8 nitrogen and oxygen atoms in total. The van der Waals surface area contributed by atoms with E-state index in [1.165, 1.54) is 28.2 Å². The maximum absolute atomic E-state index is 12.6. The fourth-order valence-corrected chi connectivity index (χ4v) is 5.13. The van der Waals surface area contributed by atoms with Crippen molar-refractivity contribution in [2.45, 2.75) is 43.2 Å². The van der Waals surface area contributed by atoms with Gasteiger partial charge >= 0.3 is 0 Å². The second-order valence-corrected chi connectivity index (χ2v) is 8.52. The molecule has 0 spiro atoms. The molecule has 10 heteroatoms. The third kappa shape index (κ3) is 4.08. The quantitative estimate of drug-likeness (QED) is 0.380. The van der Waals surface area contributed by atoms with E-state index in [1.54, 1.807) is 27.7 Å². The standard InChI is InChI=1S/C16H21N3O5S2/c1-5-18(6-2)26(22,23)13-7-8-16(15(9-13)19(20)21)25-10-14-11(3)17-24-12(14)4/h7-9H,5-6,10H2,1-4H3. The minimum Gasteiger partial charge on any atom is -0.361 e. The highest BCUT2D eigenvalue weighted by atomic mass is 32.2. The highest BCUT2D eigenvalue weighted by Gasteiger charge is 2.26. The predicted molar refractivity (Wildman–Crippen MR) is 98.7 cm³/mol. The van der Waals surface area contributed by atoms with Gasteiger partial charge in [-0.2, -0.15) is 4.31 Å². The Morgan fingerprint density at radius 2 is 1.92 bits per heavy atom. The smallest absolute Gasteiger partial charge is 0.284 e. The van der Waals surface area contributed by atoms with Crippen LogP contribution in [0.2, 0.25) is 0 Å². The molecule has 0 saturated carbocycles. The maximum atomic E-state index is 12.6. The van der Waals surface area contributed by atoms with Crippen LogP contribution in [0.1, 0.15) is 30.9 Å². The Balaban J connectivity index is 2.36. The lowest BCUT2D eigenvalue weighted by molar-refractivity contribution is -0.388. The molecule has 0 radical (unpaired) electrons. The summed E-state index contributed by atoms with van der Waals surface area (Å²) in [4.78, 5) is 11.2. The molecule has 26 heavy (non-hydrogen) atoms. The van der Waals surface area contributed by atoms with E-state index in [-0.39, 0.29) is 10.6 Å². The van der Waals surface area contributed by atoms with Gasteiger partial charge in [0.15, 0.2) is 0 Å². The van der Waals surface area contributed by atoms with Crippen LogP contribution in [0.25, 0.3) is 0 Å². The van der Waals surface area contributed by atoms with Gasteiger partial charge in [0.25, 0.3) is 5.69 Å². The lowest BCUT2D eigenvalue weighted by Crippen LogP contribution is -2.30. The predicted octanol–water partition coefficient (Wildman–Crippen LogP) is 3.52. The molecule has 0 aliphatic rings. The van der Waals surface area contributed by atoms with Gasteiger partial charge in [-0.25, -0.2) is 8.42 Å². The number of thioether (sulfide) groups is 1. The Morgan fingerprint density at radius 3 is 2.42 bits per heavy atom.